The summed E-state index contributed by atoms with van der Waals surface area (Å²) in [5, 5.41) is 18.0. The van der Waals surface area contributed by atoms with Crippen molar-refractivity contribution in [2.45, 2.75) is 0 Å². The topological polar surface area (TPSA) is 56.9 Å². The molecule has 3 nitrogen and oxygen atoms in total. The van der Waals surface area contributed by atoms with E-state index in [4.69, 9.17) is 16.9 Å². The third-order valence-electron chi connectivity index (χ3n) is 1.45. The van der Waals surface area contributed by atoms with Gasteiger partial charge in [-0.3, -0.25) is 4.98 Å². The second-order valence-corrected chi connectivity index (χ2v) is 2.55. The average Bonchev–Trinajstić information content (AvgIpc) is 2.20. The minimum atomic E-state index is -0.150. The quantitative estimate of drug-likeness (QED) is 0.446. The van der Waals surface area contributed by atoms with Crippen molar-refractivity contribution in [2.24, 2.45) is 0 Å². The lowest BCUT2D eigenvalue weighted by atomic mass is 10.1. The molecule has 0 radical (unpaired) electrons. The highest BCUT2D eigenvalue weighted by Crippen LogP contribution is 2.14. The number of pyridine rings is 1. The van der Waals surface area contributed by atoms with E-state index in [-0.39, 0.29) is 17.2 Å². The number of halogens is 1. The lowest BCUT2D eigenvalue weighted by Gasteiger charge is -1.99. The van der Waals surface area contributed by atoms with Gasteiger partial charge in [0, 0.05) is 6.20 Å². The Bertz CT molecular complexity index is 354. The van der Waals surface area contributed by atoms with Crippen LogP contribution in [-0.4, -0.2) is 16.0 Å². The molecule has 0 aliphatic rings. The summed E-state index contributed by atoms with van der Waals surface area (Å²) in [6.07, 6.45) is 1.55. The van der Waals surface area contributed by atoms with Gasteiger partial charge in [-0.2, -0.15) is 5.26 Å². The molecule has 1 rings (SSSR count). The zero-order valence-electron chi connectivity index (χ0n) is 6.74. The van der Waals surface area contributed by atoms with E-state index in [0.29, 0.717) is 5.69 Å². The molecule has 0 fully saturated rings. The number of aromatic nitrogens is 1. The van der Waals surface area contributed by atoms with Crippen LogP contribution in [0.1, 0.15) is 5.69 Å². The molecule has 1 aromatic heterocycles. The number of hydrogen-bond donors (Lipinski definition) is 1. The summed E-state index contributed by atoms with van der Waals surface area (Å²) in [4.78, 5) is 3.92. The lowest BCUT2D eigenvalue weighted by molar-refractivity contribution is 0.419. The van der Waals surface area contributed by atoms with Gasteiger partial charge in [0.15, 0.2) is 0 Å². The number of hydrogen-bond acceptors (Lipinski definition) is 3. The summed E-state index contributed by atoms with van der Waals surface area (Å²) in [6, 6.07) is 6.96. The second kappa shape index (κ2) is 4.48. The maximum absolute atomic E-state index is 9.26. The number of nitrogens with zero attached hydrogens (tertiary/aromatic N) is 2. The smallest absolute Gasteiger partial charge is 0.127 e. The molecule has 1 N–H and O–H groups in total. The van der Waals surface area contributed by atoms with Crippen molar-refractivity contribution in [1.82, 2.24) is 4.98 Å². The Morgan fingerprint density at radius 1 is 1.62 bits per heavy atom. The molecular weight excluding hydrogens is 188 g/mol. The molecule has 0 spiro atoms. The predicted octanol–water partition coefficient (Wildman–Crippen LogP) is 2.11. The molecule has 1 heterocycles. The van der Waals surface area contributed by atoms with E-state index in [1.54, 1.807) is 24.4 Å². The predicted molar refractivity (Wildman–Crippen MR) is 50.1 cm³/mol. The molecule has 0 atom stereocenters. The third-order valence-corrected chi connectivity index (χ3v) is 1.70. The molecule has 0 amide bonds. The fourth-order valence-electron chi connectivity index (χ4n) is 0.847. The van der Waals surface area contributed by atoms with E-state index < -0.39 is 0 Å². The van der Waals surface area contributed by atoms with Gasteiger partial charge in [0.25, 0.3) is 0 Å². The van der Waals surface area contributed by atoms with Crippen molar-refractivity contribution >= 4 is 17.2 Å². The molecule has 0 aliphatic heterocycles. The first-order valence-corrected chi connectivity index (χ1v) is 4.12. The summed E-state index contributed by atoms with van der Waals surface area (Å²) < 4.78 is 0. The summed E-state index contributed by atoms with van der Waals surface area (Å²) in [5.74, 6) is -0.234. The van der Waals surface area contributed by atoms with Gasteiger partial charge in [-0.05, 0) is 12.1 Å². The first-order valence-electron chi connectivity index (χ1n) is 3.59. The van der Waals surface area contributed by atoms with E-state index in [1.807, 2.05) is 6.07 Å². The van der Waals surface area contributed by atoms with Crippen LogP contribution in [0.2, 0.25) is 0 Å². The van der Waals surface area contributed by atoms with Gasteiger partial charge in [-0.25, -0.2) is 0 Å². The van der Waals surface area contributed by atoms with Crippen molar-refractivity contribution < 1.29 is 5.11 Å². The molecule has 0 saturated heterocycles. The molecule has 0 bridgehead atoms. The highest BCUT2D eigenvalue weighted by Gasteiger charge is 2.07. The highest BCUT2D eigenvalue weighted by molar-refractivity contribution is 6.19. The van der Waals surface area contributed by atoms with E-state index in [0.717, 1.165) is 0 Å². The fraction of sp³-hybridized carbons (Fsp3) is 0.111. The Morgan fingerprint density at radius 2 is 2.38 bits per heavy atom. The van der Waals surface area contributed by atoms with Gasteiger partial charge in [0.1, 0.15) is 17.4 Å². The Morgan fingerprint density at radius 3 is 2.85 bits per heavy atom. The van der Waals surface area contributed by atoms with Crippen molar-refractivity contribution in [3.8, 4) is 6.07 Å². The third kappa shape index (κ3) is 2.20. The Balaban J connectivity index is 3.15. The zero-order chi connectivity index (χ0) is 9.68. The minimum absolute atomic E-state index is 0.0839. The first kappa shape index (κ1) is 9.56. The van der Waals surface area contributed by atoms with Crippen LogP contribution >= 0.6 is 11.6 Å². The van der Waals surface area contributed by atoms with Gasteiger partial charge in [-0.15, -0.1) is 11.6 Å². The lowest BCUT2D eigenvalue weighted by Crippen LogP contribution is -1.93. The number of rotatable bonds is 2. The largest absolute Gasteiger partial charge is 0.510 e. The molecular formula is C9H7ClN2O. The molecule has 1 aromatic rings. The van der Waals surface area contributed by atoms with Crippen LogP contribution in [-0.2, 0) is 0 Å². The maximum atomic E-state index is 9.26. The number of alkyl halides is 1. The van der Waals surface area contributed by atoms with Crippen LogP contribution in [0.4, 0.5) is 0 Å². The molecule has 13 heavy (non-hydrogen) atoms. The molecule has 66 valence electrons. The first-order chi connectivity index (χ1) is 6.29. The summed E-state index contributed by atoms with van der Waals surface area (Å²) in [6.45, 7) is 0. The number of allylic oxidation sites excluding steroid dienone is 2. The van der Waals surface area contributed by atoms with Gasteiger partial charge < -0.3 is 5.11 Å². The summed E-state index contributed by atoms with van der Waals surface area (Å²) >= 11 is 5.39. The van der Waals surface area contributed by atoms with Gasteiger partial charge in [0.2, 0.25) is 0 Å². The molecule has 0 unspecified atom stereocenters. The van der Waals surface area contributed by atoms with Crippen LogP contribution in [0.5, 0.6) is 0 Å². The van der Waals surface area contributed by atoms with E-state index in [1.165, 1.54) is 0 Å². The molecule has 0 aromatic carbocycles. The molecule has 0 aliphatic carbocycles. The number of nitriles is 1. The van der Waals surface area contributed by atoms with Crippen LogP contribution in [0.25, 0.3) is 5.57 Å². The highest BCUT2D eigenvalue weighted by atomic mass is 35.5. The normalized spacial score (nSPS) is 11.7. The average molecular weight is 195 g/mol. The Kier molecular flexibility index (Phi) is 3.30. The molecule has 0 saturated carbocycles. The van der Waals surface area contributed by atoms with Crippen molar-refractivity contribution in [3.63, 3.8) is 0 Å². The van der Waals surface area contributed by atoms with Gasteiger partial charge >= 0.3 is 0 Å². The minimum Gasteiger partial charge on any atom is -0.510 e. The summed E-state index contributed by atoms with van der Waals surface area (Å²) in [5.41, 5.74) is 0.554. The van der Waals surface area contributed by atoms with Crippen LogP contribution in [0, 0.1) is 11.3 Å². The van der Waals surface area contributed by atoms with Gasteiger partial charge in [-0.1, -0.05) is 6.07 Å². The molecule has 4 heteroatoms. The monoisotopic (exact) mass is 194 g/mol. The number of aliphatic hydroxyl groups is 1. The fourth-order valence-corrected chi connectivity index (χ4v) is 0.981. The second-order valence-electron chi connectivity index (χ2n) is 2.28. The van der Waals surface area contributed by atoms with E-state index in [9.17, 15) is 5.11 Å². The van der Waals surface area contributed by atoms with Crippen molar-refractivity contribution in [1.29, 1.82) is 5.26 Å². The zero-order valence-corrected chi connectivity index (χ0v) is 7.49. The standard InChI is InChI=1S/C9H7ClN2O/c10-5-9(13)7(6-11)8-3-1-2-4-12-8/h1-4,13H,5H2/b9-7-. The van der Waals surface area contributed by atoms with Crippen LogP contribution in [0.3, 0.4) is 0 Å². The van der Waals surface area contributed by atoms with Crippen molar-refractivity contribution in [2.75, 3.05) is 5.88 Å². The maximum Gasteiger partial charge on any atom is 0.127 e. The van der Waals surface area contributed by atoms with E-state index >= 15 is 0 Å². The van der Waals surface area contributed by atoms with Crippen molar-refractivity contribution in [3.05, 3.63) is 35.8 Å². The van der Waals surface area contributed by atoms with E-state index in [2.05, 4.69) is 4.98 Å². The Hall–Kier alpha value is -1.53. The number of aliphatic hydroxyl groups excluding tert-OH is 1. The van der Waals surface area contributed by atoms with Crippen LogP contribution in [0.15, 0.2) is 30.2 Å². The SMILES string of the molecule is N#C/C(=C(/O)CCl)c1ccccn1. The van der Waals surface area contributed by atoms with Crippen LogP contribution < -0.4 is 0 Å². The van der Waals surface area contributed by atoms with Gasteiger partial charge in [0.05, 0.1) is 11.6 Å². The Labute approximate surface area is 80.9 Å². The summed E-state index contributed by atoms with van der Waals surface area (Å²) in [7, 11) is 0.